The number of piperidine rings is 1. The van der Waals surface area contributed by atoms with E-state index in [4.69, 9.17) is 5.11 Å². The third-order valence-corrected chi connectivity index (χ3v) is 3.88. The van der Waals surface area contributed by atoms with Crippen molar-refractivity contribution in [2.45, 2.75) is 12.8 Å². The van der Waals surface area contributed by atoms with E-state index in [1.165, 1.54) is 6.07 Å². The third kappa shape index (κ3) is 3.13. The number of nitrogens with one attached hydrogen (secondary N) is 1. The maximum Gasteiger partial charge on any atom is 0.305 e. The Morgan fingerprint density at radius 2 is 2.14 bits per heavy atom. The van der Waals surface area contributed by atoms with Crippen LogP contribution in [0.1, 0.15) is 23.2 Å². The summed E-state index contributed by atoms with van der Waals surface area (Å²) in [6.07, 6.45) is 1.45. The number of nitrogens with zero attached hydrogens (tertiary/aromatic N) is 2. The number of aliphatic hydroxyl groups is 1. The second-order valence-electron chi connectivity index (χ2n) is 5.13. The van der Waals surface area contributed by atoms with Gasteiger partial charge in [-0.25, -0.2) is 0 Å². The van der Waals surface area contributed by atoms with Crippen LogP contribution in [0, 0.1) is 16.0 Å². The third-order valence-electron chi connectivity index (χ3n) is 3.88. The molecule has 0 bridgehead atoms. The van der Waals surface area contributed by atoms with E-state index in [9.17, 15) is 14.9 Å². The van der Waals surface area contributed by atoms with Crippen molar-refractivity contribution in [1.82, 2.24) is 4.90 Å². The molecule has 0 radical (unpaired) electrons. The minimum Gasteiger partial charge on any atom is -0.396 e. The Hall–Kier alpha value is -2.15. The predicted octanol–water partition coefficient (Wildman–Crippen LogP) is 1.48. The van der Waals surface area contributed by atoms with Crippen molar-refractivity contribution in [3.05, 3.63) is 33.9 Å². The molecular weight excluding hydrogens is 274 g/mol. The minimum atomic E-state index is -0.528. The first-order valence-electron chi connectivity index (χ1n) is 6.93. The summed E-state index contributed by atoms with van der Waals surface area (Å²) in [5.74, 6) is -0.108. The zero-order valence-electron chi connectivity index (χ0n) is 11.9. The quantitative estimate of drug-likeness (QED) is 0.647. The average molecular weight is 293 g/mol. The molecule has 0 spiro atoms. The Labute approximate surface area is 122 Å². The van der Waals surface area contributed by atoms with Gasteiger partial charge in [0.2, 0.25) is 0 Å². The van der Waals surface area contributed by atoms with E-state index in [-0.39, 0.29) is 29.7 Å². The molecule has 1 aromatic rings. The molecule has 0 aromatic heterocycles. The molecule has 0 atom stereocenters. The number of rotatable bonds is 4. The lowest BCUT2D eigenvalue weighted by Gasteiger charge is -2.31. The SMILES string of the molecule is CNc1cccc(C(=O)N2CCC(CO)CC2)c1[N+](=O)[O-]. The molecule has 0 aliphatic carbocycles. The van der Waals surface area contributed by atoms with Crippen LogP contribution >= 0.6 is 0 Å². The fourth-order valence-electron chi connectivity index (χ4n) is 2.60. The molecule has 1 amide bonds. The summed E-state index contributed by atoms with van der Waals surface area (Å²) in [6, 6.07) is 4.69. The molecule has 2 N–H and O–H groups in total. The number of carbonyl (C=O) groups is 1. The number of para-hydroxylation sites is 1. The second-order valence-corrected chi connectivity index (χ2v) is 5.13. The van der Waals surface area contributed by atoms with Gasteiger partial charge in [0.25, 0.3) is 5.91 Å². The molecule has 2 rings (SSSR count). The highest BCUT2D eigenvalue weighted by Gasteiger charge is 2.29. The van der Waals surface area contributed by atoms with E-state index in [2.05, 4.69) is 5.32 Å². The lowest BCUT2D eigenvalue weighted by atomic mass is 9.97. The monoisotopic (exact) mass is 293 g/mol. The van der Waals surface area contributed by atoms with Crippen molar-refractivity contribution in [3.63, 3.8) is 0 Å². The van der Waals surface area contributed by atoms with E-state index < -0.39 is 4.92 Å². The second kappa shape index (κ2) is 6.53. The summed E-state index contributed by atoms with van der Waals surface area (Å²) in [5, 5.41) is 23.1. The van der Waals surface area contributed by atoms with Crippen LogP contribution in [0.25, 0.3) is 0 Å². The van der Waals surface area contributed by atoms with Crippen molar-refractivity contribution in [2.24, 2.45) is 5.92 Å². The van der Waals surface area contributed by atoms with E-state index in [0.29, 0.717) is 18.8 Å². The Kier molecular flexibility index (Phi) is 4.74. The number of carbonyl (C=O) groups excluding carboxylic acids is 1. The average Bonchev–Trinajstić information content (AvgIpc) is 2.53. The number of nitro groups is 1. The summed E-state index contributed by atoms with van der Waals surface area (Å²) in [5.41, 5.74) is 0.250. The molecule has 21 heavy (non-hydrogen) atoms. The summed E-state index contributed by atoms with van der Waals surface area (Å²) in [4.78, 5) is 24.9. The zero-order valence-corrected chi connectivity index (χ0v) is 11.9. The first-order chi connectivity index (χ1) is 10.1. The molecule has 7 heteroatoms. The minimum absolute atomic E-state index is 0.106. The summed E-state index contributed by atoms with van der Waals surface area (Å²) in [7, 11) is 1.59. The molecule has 1 fully saturated rings. The van der Waals surface area contributed by atoms with Crippen LogP contribution in [0.3, 0.4) is 0 Å². The highest BCUT2D eigenvalue weighted by molar-refractivity contribution is 6.00. The standard InChI is InChI=1S/C14H19N3O4/c1-15-12-4-2-3-11(13(12)17(20)21)14(19)16-7-5-10(9-18)6-8-16/h2-4,10,15,18H,5-9H2,1H3. The fraction of sp³-hybridized carbons (Fsp3) is 0.500. The van der Waals surface area contributed by atoms with Gasteiger partial charge in [0.05, 0.1) is 4.92 Å². The Bertz CT molecular complexity index is 539. The Morgan fingerprint density at radius 1 is 1.48 bits per heavy atom. The van der Waals surface area contributed by atoms with Gasteiger partial charge in [-0.05, 0) is 30.9 Å². The van der Waals surface area contributed by atoms with Crippen molar-refractivity contribution in [3.8, 4) is 0 Å². The first-order valence-corrected chi connectivity index (χ1v) is 6.93. The van der Waals surface area contributed by atoms with Gasteiger partial charge < -0.3 is 15.3 Å². The van der Waals surface area contributed by atoms with Crippen molar-refractivity contribution in [2.75, 3.05) is 32.1 Å². The van der Waals surface area contributed by atoms with E-state index in [0.717, 1.165) is 12.8 Å². The highest BCUT2D eigenvalue weighted by Crippen LogP contribution is 2.30. The first kappa shape index (κ1) is 15.2. The number of likely N-dealkylation sites (tertiary alicyclic amines) is 1. The summed E-state index contributed by atoms with van der Waals surface area (Å²) < 4.78 is 0. The van der Waals surface area contributed by atoms with E-state index in [1.807, 2.05) is 0 Å². The van der Waals surface area contributed by atoms with Crippen LogP contribution in [-0.2, 0) is 0 Å². The van der Waals surface area contributed by atoms with Gasteiger partial charge in [-0.3, -0.25) is 14.9 Å². The van der Waals surface area contributed by atoms with Crippen LogP contribution in [0.4, 0.5) is 11.4 Å². The van der Waals surface area contributed by atoms with Gasteiger partial charge in [0, 0.05) is 26.7 Å². The maximum absolute atomic E-state index is 12.5. The number of anilines is 1. The van der Waals surface area contributed by atoms with Gasteiger partial charge in [-0.1, -0.05) is 6.07 Å². The predicted molar refractivity (Wildman–Crippen MR) is 78.4 cm³/mol. The number of nitro benzene ring substituents is 1. The van der Waals surface area contributed by atoms with Crippen LogP contribution in [0.15, 0.2) is 18.2 Å². The molecule has 1 aliphatic rings. The number of aliphatic hydroxyl groups excluding tert-OH is 1. The molecule has 7 nitrogen and oxygen atoms in total. The van der Waals surface area contributed by atoms with Gasteiger partial charge >= 0.3 is 5.69 Å². The Balaban J connectivity index is 2.26. The molecule has 1 saturated heterocycles. The topological polar surface area (TPSA) is 95.7 Å². The van der Waals surface area contributed by atoms with E-state index in [1.54, 1.807) is 24.1 Å². The Morgan fingerprint density at radius 3 is 2.67 bits per heavy atom. The molecule has 0 saturated carbocycles. The van der Waals surface area contributed by atoms with Crippen molar-refractivity contribution >= 4 is 17.3 Å². The lowest BCUT2D eigenvalue weighted by molar-refractivity contribution is -0.384. The van der Waals surface area contributed by atoms with Gasteiger partial charge in [-0.2, -0.15) is 0 Å². The number of benzene rings is 1. The zero-order chi connectivity index (χ0) is 15.4. The molecule has 1 heterocycles. The van der Waals surface area contributed by atoms with Crippen LogP contribution in [0.5, 0.6) is 0 Å². The molecule has 0 unspecified atom stereocenters. The van der Waals surface area contributed by atoms with Gasteiger partial charge in [-0.15, -0.1) is 0 Å². The maximum atomic E-state index is 12.5. The van der Waals surface area contributed by atoms with Crippen molar-refractivity contribution in [1.29, 1.82) is 0 Å². The van der Waals surface area contributed by atoms with Crippen molar-refractivity contribution < 1.29 is 14.8 Å². The van der Waals surface area contributed by atoms with Crippen LogP contribution in [-0.4, -0.2) is 47.6 Å². The van der Waals surface area contributed by atoms with Crippen LogP contribution in [0.2, 0.25) is 0 Å². The number of hydrogen-bond donors (Lipinski definition) is 2. The van der Waals surface area contributed by atoms with Gasteiger partial charge in [0.1, 0.15) is 11.3 Å². The molecule has 114 valence electrons. The summed E-state index contributed by atoms with van der Waals surface area (Å²) >= 11 is 0. The number of hydrogen-bond acceptors (Lipinski definition) is 5. The molecule has 1 aromatic carbocycles. The molecule has 1 aliphatic heterocycles. The summed E-state index contributed by atoms with van der Waals surface area (Å²) in [6.45, 7) is 1.16. The smallest absolute Gasteiger partial charge is 0.305 e. The van der Waals surface area contributed by atoms with E-state index >= 15 is 0 Å². The van der Waals surface area contributed by atoms with Crippen LogP contribution < -0.4 is 5.32 Å². The largest absolute Gasteiger partial charge is 0.396 e. The molecular formula is C14H19N3O4. The fourth-order valence-corrected chi connectivity index (χ4v) is 2.60. The highest BCUT2D eigenvalue weighted by atomic mass is 16.6. The normalized spacial score (nSPS) is 15.8. The lowest BCUT2D eigenvalue weighted by Crippen LogP contribution is -2.39. The van der Waals surface area contributed by atoms with Gasteiger partial charge in [0.15, 0.2) is 0 Å². The number of amides is 1.